The third kappa shape index (κ3) is 5.35. The minimum Gasteiger partial charge on any atom is -0.325 e. The lowest BCUT2D eigenvalue weighted by Crippen LogP contribution is -2.14. The highest BCUT2D eigenvalue weighted by Gasteiger charge is 2.12. The number of nitrogens with one attached hydrogen (secondary N) is 1. The average Bonchev–Trinajstić information content (AvgIpc) is 2.84. The molecule has 32 heavy (non-hydrogen) atoms. The summed E-state index contributed by atoms with van der Waals surface area (Å²) in [5.41, 5.74) is 3.94. The molecule has 0 spiro atoms. The highest BCUT2D eigenvalue weighted by atomic mass is 32.2. The first-order chi connectivity index (χ1) is 15.6. The van der Waals surface area contributed by atoms with Crippen LogP contribution in [0.25, 0.3) is 22.5 Å². The fourth-order valence-electron chi connectivity index (χ4n) is 3.00. The Balaban J connectivity index is 1.52. The summed E-state index contributed by atoms with van der Waals surface area (Å²) >= 11 is 1.23. The molecule has 0 aliphatic heterocycles. The molecule has 1 aromatic heterocycles. The molecule has 0 bridgehead atoms. The summed E-state index contributed by atoms with van der Waals surface area (Å²) in [6, 6.07) is 27.2. The highest BCUT2D eigenvalue weighted by molar-refractivity contribution is 7.99. The minimum absolute atomic E-state index is 0.0306. The molecular weight excluding hydrogens is 424 g/mol. The van der Waals surface area contributed by atoms with Crippen molar-refractivity contribution in [2.45, 2.75) is 5.16 Å². The minimum atomic E-state index is -0.483. The van der Waals surface area contributed by atoms with Crippen LogP contribution in [0.1, 0.15) is 0 Å². The van der Waals surface area contributed by atoms with Crippen LogP contribution in [0.15, 0.2) is 96.2 Å². The Morgan fingerprint density at radius 1 is 0.844 bits per heavy atom. The Labute approximate surface area is 188 Å². The molecule has 0 saturated heterocycles. The monoisotopic (exact) mass is 442 g/mol. The molecule has 0 aliphatic rings. The third-order valence-electron chi connectivity index (χ3n) is 4.54. The van der Waals surface area contributed by atoms with Gasteiger partial charge in [-0.3, -0.25) is 14.9 Å². The summed E-state index contributed by atoms with van der Waals surface area (Å²) in [5.74, 6) is -0.150. The maximum atomic E-state index is 12.4. The molecule has 1 N–H and O–H groups in total. The molecule has 0 unspecified atom stereocenters. The van der Waals surface area contributed by atoms with Crippen LogP contribution >= 0.6 is 11.8 Å². The summed E-state index contributed by atoms with van der Waals surface area (Å²) < 4.78 is 0. The van der Waals surface area contributed by atoms with E-state index in [2.05, 4.69) is 15.3 Å². The van der Waals surface area contributed by atoms with Gasteiger partial charge in [-0.25, -0.2) is 9.97 Å². The van der Waals surface area contributed by atoms with Crippen LogP contribution in [-0.2, 0) is 4.79 Å². The second kappa shape index (κ2) is 9.84. The molecule has 8 heteroatoms. The van der Waals surface area contributed by atoms with Crippen molar-refractivity contribution in [2.24, 2.45) is 0 Å². The molecular formula is C24H18N4O3S. The molecule has 0 fully saturated rings. The summed E-state index contributed by atoms with van der Waals surface area (Å²) in [6.07, 6.45) is 0. The van der Waals surface area contributed by atoms with Gasteiger partial charge in [0.2, 0.25) is 5.91 Å². The van der Waals surface area contributed by atoms with Gasteiger partial charge in [0.05, 0.1) is 22.1 Å². The molecule has 0 radical (unpaired) electrons. The van der Waals surface area contributed by atoms with Crippen molar-refractivity contribution in [3.63, 3.8) is 0 Å². The second-order valence-corrected chi connectivity index (χ2v) is 7.74. The number of amides is 1. The van der Waals surface area contributed by atoms with Gasteiger partial charge in [0.25, 0.3) is 5.69 Å². The zero-order valence-electron chi connectivity index (χ0n) is 16.8. The van der Waals surface area contributed by atoms with Crippen LogP contribution in [0.4, 0.5) is 11.4 Å². The number of non-ortho nitro benzene ring substituents is 1. The number of carbonyl (C=O) groups excluding carboxylic acids is 1. The van der Waals surface area contributed by atoms with Gasteiger partial charge < -0.3 is 5.32 Å². The van der Waals surface area contributed by atoms with Gasteiger partial charge in [0.1, 0.15) is 0 Å². The van der Waals surface area contributed by atoms with Crippen molar-refractivity contribution in [1.29, 1.82) is 0 Å². The van der Waals surface area contributed by atoms with E-state index in [9.17, 15) is 14.9 Å². The van der Waals surface area contributed by atoms with E-state index >= 15 is 0 Å². The van der Waals surface area contributed by atoms with Crippen molar-refractivity contribution in [3.05, 3.63) is 101 Å². The molecule has 0 aliphatic carbocycles. The number of nitro benzene ring substituents is 1. The first-order valence-electron chi connectivity index (χ1n) is 9.75. The molecule has 1 heterocycles. The molecule has 0 saturated carbocycles. The normalized spacial score (nSPS) is 10.5. The van der Waals surface area contributed by atoms with Crippen molar-refractivity contribution in [3.8, 4) is 22.5 Å². The predicted octanol–water partition coefficient (Wildman–Crippen LogP) is 5.45. The molecule has 1 amide bonds. The lowest BCUT2D eigenvalue weighted by molar-refractivity contribution is -0.384. The van der Waals surface area contributed by atoms with Gasteiger partial charge in [0.15, 0.2) is 5.16 Å². The summed E-state index contributed by atoms with van der Waals surface area (Å²) in [6.45, 7) is 0. The van der Waals surface area contributed by atoms with Crippen LogP contribution in [-0.4, -0.2) is 26.6 Å². The smallest absolute Gasteiger partial charge is 0.269 e. The van der Waals surface area contributed by atoms with E-state index in [1.807, 2.05) is 66.7 Å². The number of aromatic nitrogens is 2. The molecule has 4 rings (SSSR count). The fourth-order valence-corrected chi connectivity index (χ4v) is 3.66. The quantitative estimate of drug-likeness (QED) is 0.177. The molecule has 7 nitrogen and oxygen atoms in total. The van der Waals surface area contributed by atoms with E-state index in [1.165, 1.54) is 36.0 Å². The van der Waals surface area contributed by atoms with Crippen LogP contribution in [0.3, 0.4) is 0 Å². The standard InChI is InChI=1S/C24H18N4O3S/c29-23(25-19-11-13-20(14-12-19)28(30)31)16-32-24-26-21(17-7-3-1-4-8-17)15-22(27-24)18-9-5-2-6-10-18/h1-15H,16H2,(H,25,29). The number of nitro groups is 1. The number of rotatable bonds is 7. The van der Waals surface area contributed by atoms with Crippen molar-refractivity contribution in [2.75, 3.05) is 11.1 Å². The Kier molecular flexibility index (Phi) is 6.52. The molecule has 0 atom stereocenters. The zero-order chi connectivity index (χ0) is 22.3. The zero-order valence-corrected chi connectivity index (χ0v) is 17.7. The number of benzene rings is 3. The van der Waals surface area contributed by atoms with E-state index in [1.54, 1.807) is 0 Å². The van der Waals surface area contributed by atoms with E-state index in [-0.39, 0.29) is 17.3 Å². The van der Waals surface area contributed by atoms with Gasteiger partial charge in [-0.2, -0.15) is 0 Å². The first kappa shape index (κ1) is 21.2. The second-order valence-electron chi connectivity index (χ2n) is 6.79. The number of carbonyl (C=O) groups is 1. The van der Waals surface area contributed by atoms with E-state index in [0.717, 1.165) is 22.5 Å². The highest BCUT2D eigenvalue weighted by Crippen LogP contribution is 2.27. The number of hydrogen-bond donors (Lipinski definition) is 1. The number of nitrogens with zero attached hydrogens (tertiary/aromatic N) is 3. The lowest BCUT2D eigenvalue weighted by Gasteiger charge is -2.09. The van der Waals surface area contributed by atoms with E-state index in [4.69, 9.17) is 0 Å². The number of thioether (sulfide) groups is 1. The first-order valence-corrected chi connectivity index (χ1v) is 10.7. The van der Waals surface area contributed by atoms with Gasteiger partial charge in [-0.05, 0) is 18.2 Å². The Hall–Kier alpha value is -4.04. The number of anilines is 1. The van der Waals surface area contributed by atoms with Crippen molar-refractivity contribution in [1.82, 2.24) is 9.97 Å². The van der Waals surface area contributed by atoms with Gasteiger partial charge in [-0.15, -0.1) is 0 Å². The summed E-state index contributed by atoms with van der Waals surface area (Å²) in [7, 11) is 0. The molecule has 4 aromatic rings. The lowest BCUT2D eigenvalue weighted by atomic mass is 10.1. The van der Waals surface area contributed by atoms with Gasteiger partial charge >= 0.3 is 0 Å². The van der Waals surface area contributed by atoms with Gasteiger partial charge in [0, 0.05) is 28.9 Å². The molecule has 3 aromatic carbocycles. The SMILES string of the molecule is O=C(CSc1nc(-c2ccccc2)cc(-c2ccccc2)n1)Nc1ccc([N+](=O)[O-])cc1. The summed E-state index contributed by atoms with van der Waals surface area (Å²) in [4.78, 5) is 31.9. The Morgan fingerprint density at radius 3 is 1.88 bits per heavy atom. The predicted molar refractivity (Wildman–Crippen MR) is 125 cm³/mol. The van der Waals surface area contributed by atoms with Crippen LogP contribution in [0.2, 0.25) is 0 Å². The fraction of sp³-hybridized carbons (Fsp3) is 0.0417. The van der Waals surface area contributed by atoms with E-state index < -0.39 is 4.92 Å². The maximum absolute atomic E-state index is 12.4. The maximum Gasteiger partial charge on any atom is 0.269 e. The summed E-state index contributed by atoms with van der Waals surface area (Å²) in [5, 5.41) is 14.0. The topological polar surface area (TPSA) is 98.0 Å². The van der Waals surface area contributed by atoms with Crippen LogP contribution < -0.4 is 5.32 Å². The average molecular weight is 443 g/mol. The number of hydrogen-bond acceptors (Lipinski definition) is 6. The van der Waals surface area contributed by atoms with Gasteiger partial charge in [-0.1, -0.05) is 72.4 Å². The van der Waals surface area contributed by atoms with Crippen LogP contribution in [0, 0.1) is 10.1 Å². The van der Waals surface area contributed by atoms with Crippen molar-refractivity contribution < 1.29 is 9.72 Å². The third-order valence-corrected chi connectivity index (χ3v) is 5.39. The Morgan fingerprint density at radius 2 is 1.38 bits per heavy atom. The Bertz CT molecular complexity index is 1180. The molecule has 158 valence electrons. The van der Waals surface area contributed by atoms with Crippen molar-refractivity contribution >= 4 is 29.0 Å². The van der Waals surface area contributed by atoms with Crippen LogP contribution in [0.5, 0.6) is 0 Å². The largest absolute Gasteiger partial charge is 0.325 e. The van der Waals surface area contributed by atoms with E-state index in [0.29, 0.717) is 10.8 Å².